The van der Waals surface area contributed by atoms with Crippen molar-refractivity contribution in [2.24, 2.45) is 0 Å². The monoisotopic (exact) mass is 231 g/mol. The summed E-state index contributed by atoms with van der Waals surface area (Å²) in [5, 5.41) is 3.09. The molecular formula is C15H21NO. The molecule has 1 aliphatic heterocycles. The number of carbonyl (C=O) groups excluding carboxylic acids is 1. The molecule has 92 valence electrons. The molecule has 2 atom stereocenters. The van der Waals surface area contributed by atoms with Gasteiger partial charge in [0.15, 0.2) is 0 Å². The Bertz CT molecular complexity index is 452. The van der Waals surface area contributed by atoms with Crippen molar-refractivity contribution in [1.29, 1.82) is 0 Å². The minimum Gasteiger partial charge on any atom is -0.352 e. The molecule has 2 nitrogen and oxygen atoms in total. The maximum atomic E-state index is 11.6. The second-order valence-electron chi connectivity index (χ2n) is 5.42. The first-order valence-electron chi connectivity index (χ1n) is 6.34. The SMILES string of the molecule is CCC1NC(=O)CC1(C)c1ccc(C)c(C)c1. The van der Waals surface area contributed by atoms with E-state index >= 15 is 0 Å². The van der Waals surface area contributed by atoms with Gasteiger partial charge in [-0.25, -0.2) is 0 Å². The van der Waals surface area contributed by atoms with Crippen LogP contribution in [0.3, 0.4) is 0 Å². The summed E-state index contributed by atoms with van der Waals surface area (Å²) in [7, 11) is 0. The summed E-state index contributed by atoms with van der Waals surface area (Å²) in [6.45, 7) is 8.59. The van der Waals surface area contributed by atoms with Crippen LogP contribution < -0.4 is 5.32 Å². The molecule has 0 aromatic heterocycles. The zero-order chi connectivity index (χ0) is 12.6. The highest BCUT2D eigenvalue weighted by molar-refractivity contribution is 5.81. The Hall–Kier alpha value is -1.31. The molecule has 0 radical (unpaired) electrons. The molecule has 0 bridgehead atoms. The van der Waals surface area contributed by atoms with E-state index in [1.807, 2.05) is 0 Å². The first-order valence-corrected chi connectivity index (χ1v) is 6.34. The molecule has 0 saturated carbocycles. The summed E-state index contributed by atoms with van der Waals surface area (Å²) in [6, 6.07) is 6.83. The van der Waals surface area contributed by atoms with Gasteiger partial charge in [-0.1, -0.05) is 32.0 Å². The molecule has 1 amide bonds. The second-order valence-corrected chi connectivity index (χ2v) is 5.42. The number of benzene rings is 1. The van der Waals surface area contributed by atoms with Crippen molar-refractivity contribution >= 4 is 5.91 Å². The van der Waals surface area contributed by atoms with Crippen LogP contribution >= 0.6 is 0 Å². The molecule has 1 fully saturated rings. The molecule has 2 rings (SSSR count). The zero-order valence-electron chi connectivity index (χ0n) is 11.1. The molecule has 1 N–H and O–H groups in total. The highest BCUT2D eigenvalue weighted by Gasteiger charge is 2.43. The molecule has 1 aliphatic rings. The summed E-state index contributed by atoms with van der Waals surface area (Å²) in [4.78, 5) is 11.6. The van der Waals surface area contributed by atoms with Crippen molar-refractivity contribution in [3.8, 4) is 0 Å². The lowest BCUT2D eigenvalue weighted by Crippen LogP contribution is -2.37. The fourth-order valence-corrected chi connectivity index (χ4v) is 2.81. The number of carbonyl (C=O) groups is 1. The predicted octanol–water partition coefficient (Wildman–Crippen LogP) is 2.86. The van der Waals surface area contributed by atoms with Crippen LogP contribution in [0.1, 0.15) is 43.4 Å². The molecule has 1 aromatic rings. The van der Waals surface area contributed by atoms with E-state index in [4.69, 9.17) is 0 Å². The molecular weight excluding hydrogens is 210 g/mol. The molecule has 0 spiro atoms. The fraction of sp³-hybridized carbons (Fsp3) is 0.533. The summed E-state index contributed by atoms with van der Waals surface area (Å²) in [5.41, 5.74) is 3.84. The molecule has 1 heterocycles. The molecule has 17 heavy (non-hydrogen) atoms. The standard InChI is InChI=1S/C15H21NO/c1-5-13-15(4,9-14(17)16-13)12-7-6-10(2)11(3)8-12/h6-8,13H,5,9H2,1-4H3,(H,16,17). The summed E-state index contributed by atoms with van der Waals surface area (Å²) in [5.74, 6) is 0.178. The maximum absolute atomic E-state index is 11.6. The quantitative estimate of drug-likeness (QED) is 0.833. The summed E-state index contributed by atoms with van der Waals surface area (Å²) >= 11 is 0. The van der Waals surface area contributed by atoms with Gasteiger partial charge in [-0.2, -0.15) is 0 Å². The first-order chi connectivity index (χ1) is 7.97. The number of rotatable bonds is 2. The van der Waals surface area contributed by atoms with E-state index in [1.165, 1.54) is 16.7 Å². The normalized spacial score (nSPS) is 28.2. The van der Waals surface area contributed by atoms with E-state index in [0.29, 0.717) is 6.42 Å². The van der Waals surface area contributed by atoms with Gasteiger partial charge in [0.1, 0.15) is 0 Å². The van der Waals surface area contributed by atoms with E-state index in [0.717, 1.165) is 6.42 Å². The van der Waals surface area contributed by atoms with Crippen molar-refractivity contribution in [1.82, 2.24) is 5.32 Å². The lowest BCUT2D eigenvalue weighted by Gasteiger charge is -2.30. The number of amides is 1. The third kappa shape index (κ3) is 1.97. The van der Waals surface area contributed by atoms with E-state index in [1.54, 1.807) is 0 Å². The zero-order valence-corrected chi connectivity index (χ0v) is 11.1. The highest BCUT2D eigenvalue weighted by atomic mass is 16.2. The average Bonchev–Trinajstić information content (AvgIpc) is 2.58. The van der Waals surface area contributed by atoms with Crippen LogP contribution in [0.4, 0.5) is 0 Å². The predicted molar refractivity (Wildman–Crippen MR) is 70.1 cm³/mol. The third-order valence-electron chi connectivity index (χ3n) is 4.21. The number of hydrogen-bond acceptors (Lipinski definition) is 1. The van der Waals surface area contributed by atoms with Gasteiger partial charge in [-0.3, -0.25) is 4.79 Å². The smallest absolute Gasteiger partial charge is 0.221 e. The minimum absolute atomic E-state index is 0.0513. The second kappa shape index (κ2) is 4.17. The average molecular weight is 231 g/mol. The largest absolute Gasteiger partial charge is 0.352 e. The van der Waals surface area contributed by atoms with E-state index in [9.17, 15) is 4.79 Å². The van der Waals surface area contributed by atoms with Gasteiger partial charge in [0.2, 0.25) is 5.91 Å². The van der Waals surface area contributed by atoms with Gasteiger partial charge in [-0.05, 0) is 37.0 Å². The number of hydrogen-bond donors (Lipinski definition) is 1. The van der Waals surface area contributed by atoms with Crippen LogP contribution in [0.15, 0.2) is 18.2 Å². The Balaban J connectivity index is 2.43. The topological polar surface area (TPSA) is 29.1 Å². The summed E-state index contributed by atoms with van der Waals surface area (Å²) in [6.07, 6.45) is 1.59. The van der Waals surface area contributed by atoms with Gasteiger partial charge in [0, 0.05) is 17.9 Å². The molecule has 1 aromatic carbocycles. The number of nitrogens with one attached hydrogen (secondary N) is 1. The molecule has 1 saturated heterocycles. The van der Waals surface area contributed by atoms with Crippen LogP contribution in [0.2, 0.25) is 0 Å². The van der Waals surface area contributed by atoms with Gasteiger partial charge in [0.05, 0.1) is 0 Å². The van der Waals surface area contributed by atoms with Crippen LogP contribution in [-0.2, 0) is 10.2 Å². The Morgan fingerprint density at radius 3 is 2.65 bits per heavy atom. The van der Waals surface area contributed by atoms with E-state index < -0.39 is 0 Å². The van der Waals surface area contributed by atoms with Crippen molar-refractivity contribution in [3.05, 3.63) is 34.9 Å². The molecule has 2 heteroatoms. The lowest BCUT2D eigenvalue weighted by atomic mass is 9.74. The Kier molecular flexibility index (Phi) is 2.98. The molecule has 2 unspecified atom stereocenters. The van der Waals surface area contributed by atoms with Crippen molar-refractivity contribution < 1.29 is 4.79 Å². The van der Waals surface area contributed by atoms with Crippen LogP contribution in [0.25, 0.3) is 0 Å². The van der Waals surface area contributed by atoms with Gasteiger partial charge in [-0.15, -0.1) is 0 Å². The Morgan fingerprint density at radius 1 is 1.35 bits per heavy atom. The third-order valence-corrected chi connectivity index (χ3v) is 4.21. The minimum atomic E-state index is -0.0513. The van der Waals surface area contributed by atoms with E-state index in [2.05, 4.69) is 51.2 Å². The van der Waals surface area contributed by atoms with Gasteiger partial charge < -0.3 is 5.32 Å². The van der Waals surface area contributed by atoms with Crippen LogP contribution in [-0.4, -0.2) is 11.9 Å². The summed E-state index contributed by atoms with van der Waals surface area (Å²) < 4.78 is 0. The molecule has 0 aliphatic carbocycles. The van der Waals surface area contributed by atoms with Crippen LogP contribution in [0, 0.1) is 13.8 Å². The van der Waals surface area contributed by atoms with Crippen molar-refractivity contribution in [3.63, 3.8) is 0 Å². The van der Waals surface area contributed by atoms with Gasteiger partial charge in [0.25, 0.3) is 0 Å². The van der Waals surface area contributed by atoms with Crippen LogP contribution in [0.5, 0.6) is 0 Å². The van der Waals surface area contributed by atoms with Gasteiger partial charge >= 0.3 is 0 Å². The highest BCUT2D eigenvalue weighted by Crippen LogP contribution is 2.37. The lowest BCUT2D eigenvalue weighted by molar-refractivity contribution is -0.119. The Labute approximate surface area is 103 Å². The Morgan fingerprint density at radius 2 is 2.06 bits per heavy atom. The maximum Gasteiger partial charge on any atom is 0.221 e. The first kappa shape index (κ1) is 12.2. The number of aryl methyl sites for hydroxylation is 2. The van der Waals surface area contributed by atoms with Crippen molar-refractivity contribution in [2.45, 2.75) is 52.0 Å². The van der Waals surface area contributed by atoms with Crippen molar-refractivity contribution in [2.75, 3.05) is 0 Å². The van der Waals surface area contributed by atoms with E-state index in [-0.39, 0.29) is 17.4 Å². The fourth-order valence-electron chi connectivity index (χ4n) is 2.81.